The van der Waals surface area contributed by atoms with Crippen molar-refractivity contribution in [1.82, 2.24) is 20.1 Å². The number of benzene rings is 3. The second kappa shape index (κ2) is 8.84. The fourth-order valence-electron chi connectivity index (χ4n) is 3.00. The number of carbonyl (C=O) groups excluding carboxylic acids is 1. The average Bonchev–Trinajstić information content (AvgIpc) is 3.28. The maximum atomic E-state index is 12.9. The number of hydrogen-bond acceptors (Lipinski definition) is 4. The van der Waals surface area contributed by atoms with Crippen molar-refractivity contribution in [3.63, 3.8) is 0 Å². The van der Waals surface area contributed by atoms with Crippen LogP contribution in [0.3, 0.4) is 0 Å². The number of aromatic nitrogens is 3. The molecule has 0 spiro atoms. The van der Waals surface area contributed by atoms with Crippen LogP contribution in [-0.2, 0) is 6.54 Å². The topological polar surface area (TPSA) is 69.0 Å². The first-order chi connectivity index (χ1) is 14.3. The van der Waals surface area contributed by atoms with E-state index in [1.807, 2.05) is 72.8 Å². The highest BCUT2D eigenvalue weighted by Crippen LogP contribution is 2.22. The van der Waals surface area contributed by atoms with Crippen molar-refractivity contribution in [2.75, 3.05) is 0 Å². The highest BCUT2D eigenvalue weighted by molar-refractivity contribution is 5.94. The molecule has 3 aromatic carbocycles. The highest BCUT2D eigenvalue weighted by Gasteiger charge is 2.17. The zero-order chi connectivity index (χ0) is 19.9. The third-order valence-electron chi connectivity index (χ3n) is 4.42. The lowest BCUT2D eigenvalue weighted by atomic mass is 10.1. The normalized spacial score (nSPS) is 11.6. The van der Waals surface area contributed by atoms with Gasteiger partial charge in [0.1, 0.15) is 24.2 Å². The smallest absolute Gasteiger partial charge is 0.251 e. The van der Waals surface area contributed by atoms with Crippen LogP contribution >= 0.6 is 0 Å². The number of hydrogen-bond donors (Lipinski definition) is 1. The lowest BCUT2D eigenvalue weighted by molar-refractivity contribution is 0.0931. The molecule has 29 heavy (non-hydrogen) atoms. The number of rotatable bonds is 7. The minimum absolute atomic E-state index is 0.183. The Hall–Kier alpha value is -3.93. The quantitative estimate of drug-likeness (QED) is 0.517. The van der Waals surface area contributed by atoms with E-state index in [4.69, 9.17) is 4.74 Å². The van der Waals surface area contributed by atoms with Crippen molar-refractivity contribution >= 4 is 5.91 Å². The van der Waals surface area contributed by atoms with E-state index in [0.29, 0.717) is 17.9 Å². The van der Waals surface area contributed by atoms with Crippen LogP contribution in [0.15, 0.2) is 97.6 Å². The van der Waals surface area contributed by atoms with E-state index < -0.39 is 0 Å². The van der Waals surface area contributed by atoms with Gasteiger partial charge in [0.15, 0.2) is 0 Å². The summed E-state index contributed by atoms with van der Waals surface area (Å²) in [6.07, 6.45) is 3.12. The summed E-state index contributed by atoms with van der Waals surface area (Å²) in [7, 11) is 0. The van der Waals surface area contributed by atoms with Crippen LogP contribution in [0, 0.1) is 0 Å². The van der Waals surface area contributed by atoms with Crippen LogP contribution in [0.4, 0.5) is 0 Å². The van der Waals surface area contributed by atoms with Gasteiger partial charge in [0.05, 0.1) is 12.6 Å². The summed E-state index contributed by atoms with van der Waals surface area (Å²) in [6.45, 7) is 0.482. The zero-order valence-electron chi connectivity index (χ0n) is 15.7. The largest absolute Gasteiger partial charge is 0.457 e. The molecule has 1 unspecified atom stereocenters. The van der Waals surface area contributed by atoms with Crippen molar-refractivity contribution in [1.29, 1.82) is 0 Å². The SMILES string of the molecule is O=C(NC(Cn1cncn1)c1ccccc1)c1cccc(Oc2ccccc2)c1. The average molecular weight is 384 g/mol. The van der Waals surface area contributed by atoms with Crippen molar-refractivity contribution < 1.29 is 9.53 Å². The van der Waals surface area contributed by atoms with Gasteiger partial charge in [-0.1, -0.05) is 54.6 Å². The van der Waals surface area contributed by atoms with E-state index in [1.165, 1.54) is 6.33 Å². The number of carbonyl (C=O) groups is 1. The van der Waals surface area contributed by atoms with E-state index in [1.54, 1.807) is 23.1 Å². The molecule has 0 aliphatic carbocycles. The van der Waals surface area contributed by atoms with E-state index in [0.717, 1.165) is 11.3 Å². The molecule has 6 nitrogen and oxygen atoms in total. The van der Waals surface area contributed by atoms with Gasteiger partial charge in [0.2, 0.25) is 0 Å². The molecule has 0 saturated carbocycles. The van der Waals surface area contributed by atoms with Crippen LogP contribution in [0.1, 0.15) is 22.0 Å². The van der Waals surface area contributed by atoms with Crippen molar-refractivity contribution in [3.8, 4) is 11.5 Å². The molecule has 0 bridgehead atoms. The minimum atomic E-state index is -0.246. The fraction of sp³-hybridized carbons (Fsp3) is 0.0870. The van der Waals surface area contributed by atoms with Gasteiger partial charge in [-0.15, -0.1) is 0 Å². The number of nitrogens with zero attached hydrogens (tertiary/aromatic N) is 3. The summed E-state index contributed by atoms with van der Waals surface area (Å²) >= 11 is 0. The molecule has 0 saturated heterocycles. The zero-order valence-corrected chi connectivity index (χ0v) is 15.7. The first kappa shape index (κ1) is 18.4. The maximum absolute atomic E-state index is 12.9. The first-order valence-electron chi connectivity index (χ1n) is 9.29. The maximum Gasteiger partial charge on any atom is 0.251 e. The monoisotopic (exact) mass is 384 g/mol. The molecule has 0 aliphatic heterocycles. The molecular weight excluding hydrogens is 364 g/mol. The molecule has 6 heteroatoms. The third kappa shape index (κ3) is 4.87. The Bertz CT molecular complexity index is 1050. The van der Waals surface area contributed by atoms with E-state index in [9.17, 15) is 4.79 Å². The molecular formula is C23H20N4O2. The molecule has 144 valence electrons. The van der Waals surface area contributed by atoms with E-state index >= 15 is 0 Å². The predicted octanol–water partition coefficient (Wildman–Crippen LogP) is 4.24. The summed E-state index contributed by atoms with van der Waals surface area (Å²) < 4.78 is 7.54. The van der Waals surface area contributed by atoms with Crippen molar-refractivity contribution in [2.45, 2.75) is 12.6 Å². The molecule has 0 fully saturated rings. The Labute approximate surface area is 168 Å². The Kier molecular flexibility index (Phi) is 5.62. The Balaban J connectivity index is 1.52. The van der Waals surface area contributed by atoms with Gasteiger partial charge in [-0.25, -0.2) is 4.98 Å². The predicted molar refractivity (Wildman–Crippen MR) is 110 cm³/mol. The number of ether oxygens (including phenoxy) is 1. The molecule has 4 rings (SSSR count). The standard InChI is InChI=1S/C23H20N4O2/c28-23(19-10-7-13-21(14-19)29-20-11-5-2-6-12-20)26-22(15-27-17-24-16-25-27)18-8-3-1-4-9-18/h1-14,16-17,22H,15H2,(H,26,28). The van der Waals surface area contributed by atoms with Crippen LogP contribution in [-0.4, -0.2) is 20.7 Å². The number of amides is 1. The molecule has 1 atom stereocenters. The lowest BCUT2D eigenvalue weighted by Crippen LogP contribution is -2.31. The molecule has 1 aromatic heterocycles. The third-order valence-corrected chi connectivity index (χ3v) is 4.42. The Morgan fingerprint density at radius 3 is 2.38 bits per heavy atom. The minimum Gasteiger partial charge on any atom is -0.457 e. The van der Waals surface area contributed by atoms with Crippen molar-refractivity contribution in [2.24, 2.45) is 0 Å². The fourth-order valence-corrected chi connectivity index (χ4v) is 3.00. The highest BCUT2D eigenvalue weighted by atomic mass is 16.5. The lowest BCUT2D eigenvalue weighted by Gasteiger charge is -2.19. The summed E-state index contributed by atoms with van der Waals surface area (Å²) in [4.78, 5) is 16.9. The van der Waals surface area contributed by atoms with Crippen molar-refractivity contribution in [3.05, 3.63) is 109 Å². The van der Waals surface area contributed by atoms with Crippen LogP contribution in [0.25, 0.3) is 0 Å². The van der Waals surface area contributed by atoms with Gasteiger partial charge in [-0.2, -0.15) is 5.10 Å². The Morgan fingerprint density at radius 2 is 1.66 bits per heavy atom. The number of nitrogens with one attached hydrogen (secondary N) is 1. The van der Waals surface area contributed by atoms with Crippen LogP contribution < -0.4 is 10.1 Å². The summed E-state index contributed by atoms with van der Waals surface area (Å²) in [5.74, 6) is 1.15. The van der Waals surface area contributed by atoms with Gasteiger partial charge in [-0.05, 0) is 35.9 Å². The van der Waals surface area contributed by atoms with E-state index in [2.05, 4.69) is 15.4 Å². The molecule has 1 heterocycles. The van der Waals surface area contributed by atoms with Crippen LogP contribution in [0.2, 0.25) is 0 Å². The van der Waals surface area contributed by atoms with Gasteiger partial charge in [0.25, 0.3) is 5.91 Å². The molecule has 0 radical (unpaired) electrons. The van der Waals surface area contributed by atoms with E-state index in [-0.39, 0.29) is 11.9 Å². The Morgan fingerprint density at radius 1 is 0.931 bits per heavy atom. The molecule has 4 aromatic rings. The molecule has 1 amide bonds. The second-order valence-electron chi connectivity index (χ2n) is 6.50. The van der Waals surface area contributed by atoms with Gasteiger partial charge in [0, 0.05) is 5.56 Å². The second-order valence-corrected chi connectivity index (χ2v) is 6.50. The van der Waals surface area contributed by atoms with Crippen LogP contribution in [0.5, 0.6) is 11.5 Å². The first-order valence-corrected chi connectivity index (χ1v) is 9.29. The number of para-hydroxylation sites is 1. The molecule has 1 N–H and O–H groups in total. The summed E-state index contributed by atoms with van der Waals surface area (Å²) in [6, 6.07) is 26.2. The van der Waals surface area contributed by atoms with Gasteiger partial charge >= 0.3 is 0 Å². The van der Waals surface area contributed by atoms with Gasteiger partial charge in [-0.3, -0.25) is 9.48 Å². The summed E-state index contributed by atoms with van der Waals surface area (Å²) in [5, 5.41) is 7.25. The summed E-state index contributed by atoms with van der Waals surface area (Å²) in [5.41, 5.74) is 1.52. The van der Waals surface area contributed by atoms with Gasteiger partial charge < -0.3 is 10.1 Å². The molecule has 0 aliphatic rings.